The lowest BCUT2D eigenvalue weighted by molar-refractivity contribution is -0.151. The highest BCUT2D eigenvalue weighted by Crippen LogP contribution is 1.83. The van der Waals surface area contributed by atoms with Crippen LogP contribution in [0.3, 0.4) is 0 Å². The fourth-order valence-corrected chi connectivity index (χ4v) is 0.355. The molecule has 54 valence electrons. The van der Waals surface area contributed by atoms with E-state index in [1.54, 1.807) is 6.92 Å². The summed E-state index contributed by atoms with van der Waals surface area (Å²) in [6.07, 6.45) is -0.0524. The number of ketones is 1. The van der Waals surface area contributed by atoms with E-state index in [4.69, 9.17) is 0 Å². The van der Waals surface area contributed by atoms with Crippen molar-refractivity contribution >= 4 is 11.8 Å². The van der Waals surface area contributed by atoms with Gasteiger partial charge in [0.1, 0.15) is 0 Å². The molecule has 0 aromatic carbocycles. The number of carbonyl (C=O) groups excluding carboxylic acids is 2. The number of rotatable bonds is 2. The molecule has 0 N–H and O–H groups in total. The molecule has 0 spiro atoms. The summed E-state index contributed by atoms with van der Waals surface area (Å²) >= 11 is 0. The van der Waals surface area contributed by atoms with Crippen molar-refractivity contribution in [1.29, 1.82) is 0 Å². The molecular weight excluding hydrogens is 132 g/mol. The van der Waals surface area contributed by atoms with Gasteiger partial charge in [-0.3, -0.25) is 4.79 Å². The van der Waals surface area contributed by atoms with Crippen molar-refractivity contribution in [2.45, 2.75) is 13.3 Å². The van der Waals surface area contributed by atoms with E-state index >= 15 is 0 Å². The van der Waals surface area contributed by atoms with E-state index in [1.165, 1.54) is 7.11 Å². The maximum Gasteiger partial charge on any atom is 0.375 e. The third kappa shape index (κ3) is 2.88. The molecule has 0 heterocycles. The first-order valence-electron chi connectivity index (χ1n) is 2.73. The van der Waals surface area contributed by atoms with Gasteiger partial charge in [-0.25, -0.2) is 4.79 Å². The van der Waals surface area contributed by atoms with Crippen molar-refractivity contribution in [3.63, 3.8) is 0 Å². The third-order valence-corrected chi connectivity index (χ3v) is 0.839. The van der Waals surface area contributed by atoms with Crippen molar-refractivity contribution in [1.82, 2.24) is 0 Å². The highest BCUT2D eigenvalue weighted by molar-refractivity contribution is 6.34. The second-order valence-electron chi connectivity index (χ2n) is 1.52. The summed E-state index contributed by atoms with van der Waals surface area (Å²) in [4.78, 5) is 20.9. The maximum atomic E-state index is 10.6. The van der Waals surface area contributed by atoms with Crippen LogP contribution in [0.4, 0.5) is 0 Å². The molecule has 0 aliphatic heterocycles. The highest BCUT2D eigenvalue weighted by atomic mass is 16.5. The number of Topliss-reactive ketones (excluding diaryl/α,β-unsaturated/α-hetero) is 1. The first kappa shape index (κ1) is 8.70. The standard InChI is InChI=1S/C7H8O3/c1-3-4-5-6(8)7(9)10-2/h5H2,1-2H3. The molecule has 0 fully saturated rings. The largest absolute Gasteiger partial charge is 0.463 e. The molecule has 3 nitrogen and oxygen atoms in total. The molecule has 10 heavy (non-hydrogen) atoms. The molecule has 0 bridgehead atoms. The zero-order valence-corrected chi connectivity index (χ0v) is 5.93. The van der Waals surface area contributed by atoms with Crippen LogP contribution in [0, 0.1) is 11.8 Å². The second-order valence-corrected chi connectivity index (χ2v) is 1.52. The monoisotopic (exact) mass is 140 g/mol. The molecule has 0 unspecified atom stereocenters. The van der Waals surface area contributed by atoms with Gasteiger partial charge in [-0.05, 0) is 6.92 Å². The molecule has 0 aromatic heterocycles. The summed E-state index contributed by atoms with van der Waals surface area (Å²) in [5.41, 5.74) is 0. The van der Waals surface area contributed by atoms with E-state index in [1.807, 2.05) is 0 Å². The molecule has 0 aliphatic rings. The molecular formula is C7H8O3. The van der Waals surface area contributed by atoms with Crippen molar-refractivity contribution in [3.8, 4) is 11.8 Å². The summed E-state index contributed by atoms with van der Waals surface area (Å²) in [6, 6.07) is 0. The molecule has 0 aromatic rings. The number of hydrogen-bond acceptors (Lipinski definition) is 3. The Morgan fingerprint density at radius 2 is 2.10 bits per heavy atom. The molecule has 0 radical (unpaired) electrons. The lowest BCUT2D eigenvalue weighted by Crippen LogP contribution is -2.14. The normalized spacial score (nSPS) is 7.40. The molecule has 0 saturated carbocycles. The van der Waals surface area contributed by atoms with E-state index in [0.717, 1.165) is 0 Å². The quantitative estimate of drug-likeness (QED) is 0.311. The SMILES string of the molecule is CC#CCC(=O)C(=O)OC. The van der Waals surface area contributed by atoms with E-state index in [9.17, 15) is 9.59 Å². The summed E-state index contributed by atoms with van der Waals surface area (Å²) in [5, 5.41) is 0. The molecule has 0 rings (SSSR count). The van der Waals surface area contributed by atoms with Crippen LogP contribution in [-0.4, -0.2) is 18.9 Å². The van der Waals surface area contributed by atoms with Crippen LogP contribution in [0.5, 0.6) is 0 Å². The van der Waals surface area contributed by atoms with Crippen molar-refractivity contribution in [2.75, 3.05) is 7.11 Å². The first-order chi connectivity index (χ1) is 4.72. The molecule has 0 amide bonds. The zero-order chi connectivity index (χ0) is 7.98. The van der Waals surface area contributed by atoms with Crippen LogP contribution in [0.15, 0.2) is 0 Å². The van der Waals surface area contributed by atoms with Gasteiger partial charge in [0.2, 0.25) is 0 Å². The number of hydrogen-bond donors (Lipinski definition) is 0. The van der Waals surface area contributed by atoms with Crippen molar-refractivity contribution in [2.24, 2.45) is 0 Å². The van der Waals surface area contributed by atoms with Crippen LogP contribution in [0.2, 0.25) is 0 Å². The Kier molecular flexibility index (Phi) is 3.97. The number of carbonyl (C=O) groups is 2. The van der Waals surface area contributed by atoms with Gasteiger partial charge in [-0.2, -0.15) is 0 Å². The fraction of sp³-hybridized carbons (Fsp3) is 0.429. The van der Waals surface area contributed by atoms with Gasteiger partial charge in [0.25, 0.3) is 5.78 Å². The van der Waals surface area contributed by atoms with Gasteiger partial charge in [0.05, 0.1) is 13.5 Å². The minimum atomic E-state index is -0.831. The van der Waals surface area contributed by atoms with E-state index in [0.29, 0.717) is 0 Å². The third-order valence-electron chi connectivity index (χ3n) is 0.839. The van der Waals surface area contributed by atoms with Gasteiger partial charge in [-0.15, -0.1) is 5.92 Å². The van der Waals surface area contributed by atoms with Crippen LogP contribution >= 0.6 is 0 Å². The summed E-state index contributed by atoms with van der Waals surface area (Å²) in [6.45, 7) is 1.60. The van der Waals surface area contributed by atoms with Gasteiger partial charge in [-0.1, -0.05) is 5.92 Å². The van der Waals surface area contributed by atoms with Gasteiger partial charge in [0.15, 0.2) is 0 Å². The molecule has 0 atom stereocenters. The number of ether oxygens (including phenoxy) is 1. The van der Waals surface area contributed by atoms with Crippen LogP contribution < -0.4 is 0 Å². The Labute approximate surface area is 59.4 Å². The van der Waals surface area contributed by atoms with Crippen LogP contribution in [0.1, 0.15) is 13.3 Å². The Bertz CT molecular complexity index is 195. The summed E-state index contributed by atoms with van der Waals surface area (Å²) in [7, 11) is 1.17. The second kappa shape index (κ2) is 4.57. The first-order valence-corrected chi connectivity index (χ1v) is 2.73. The number of methoxy groups -OCH3 is 1. The Hall–Kier alpha value is -1.30. The highest BCUT2D eigenvalue weighted by Gasteiger charge is 2.10. The fourth-order valence-electron chi connectivity index (χ4n) is 0.355. The minimum absolute atomic E-state index is 0.0524. The molecule has 0 aliphatic carbocycles. The van der Waals surface area contributed by atoms with Crippen molar-refractivity contribution in [3.05, 3.63) is 0 Å². The number of esters is 1. The summed E-state index contributed by atoms with van der Waals surface area (Å²) < 4.78 is 4.15. The molecule has 0 saturated heterocycles. The molecule has 3 heteroatoms. The van der Waals surface area contributed by atoms with E-state index in [2.05, 4.69) is 16.6 Å². The average Bonchev–Trinajstić information content (AvgIpc) is 1.98. The van der Waals surface area contributed by atoms with Crippen molar-refractivity contribution < 1.29 is 14.3 Å². The van der Waals surface area contributed by atoms with Crippen LogP contribution in [-0.2, 0) is 14.3 Å². The summed E-state index contributed by atoms with van der Waals surface area (Å²) in [5.74, 6) is 3.53. The average molecular weight is 140 g/mol. The van der Waals surface area contributed by atoms with Gasteiger partial charge in [0, 0.05) is 0 Å². The lowest BCUT2D eigenvalue weighted by Gasteiger charge is -1.90. The van der Waals surface area contributed by atoms with E-state index in [-0.39, 0.29) is 6.42 Å². The Morgan fingerprint density at radius 1 is 1.50 bits per heavy atom. The topological polar surface area (TPSA) is 43.4 Å². The zero-order valence-electron chi connectivity index (χ0n) is 5.93. The van der Waals surface area contributed by atoms with Gasteiger partial charge < -0.3 is 4.74 Å². The van der Waals surface area contributed by atoms with Gasteiger partial charge >= 0.3 is 5.97 Å². The Morgan fingerprint density at radius 3 is 2.50 bits per heavy atom. The smallest absolute Gasteiger partial charge is 0.375 e. The predicted molar refractivity (Wildman–Crippen MR) is 35.1 cm³/mol. The van der Waals surface area contributed by atoms with E-state index < -0.39 is 11.8 Å². The van der Waals surface area contributed by atoms with Crippen LogP contribution in [0.25, 0.3) is 0 Å². The minimum Gasteiger partial charge on any atom is -0.463 e. The predicted octanol–water partition coefficient (Wildman–Crippen LogP) is 0.142. The maximum absolute atomic E-state index is 10.6. The Balaban J connectivity index is 3.81. The lowest BCUT2D eigenvalue weighted by atomic mass is 10.3.